The van der Waals surface area contributed by atoms with Crippen molar-refractivity contribution in [1.29, 1.82) is 0 Å². The molecule has 1 aromatic carbocycles. The summed E-state index contributed by atoms with van der Waals surface area (Å²) in [6.45, 7) is 1.99. The van der Waals surface area contributed by atoms with Crippen LogP contribution in [0.5, 0.6) is 11.5 Å². The maximum absolute atomic E-state index is 12.3. The Morgan fingerprint density at radius 1 is 1.28 bits per heavy atom. The smallest absolute Gasteiger partial charge is 0.341 e. The van der Waals surface area contributed by atoms with Gasteiger partial charge >= 0.3 is 5.97 Å². The van der Waals surface area contributed by atoms with Gasteiger partial charge in [-0.15, -0.1) is 0 Å². The summed E-state index contributed by atoms with van der Waals surface area (Å²) in [5.41, 5.74) is 1.49. The zero-order chi connectivity index (χ0) is 21.3. The highest BCUT2D eigenvalue weighted by Gasteiger charge is 2.27. The lowest BCUT2D eigenvalue weighted by molar-refractivity contribution is 0.0694. The van der Waals surface area contributed by atoms with Gasteiger partial charge in [-0.3, -0.25) is 4.79 Å². The first-order valence-electron chi connectivity index (χ1n) is 9.16. The van der Waals surface area contributed by atoms with E-state index in [4.69, 9.17) is 9.47 Å². The van der Waals surface area contributed by atoms with Gasteiger partial charge in [0.2, 0.25) is 0 Å². The van der Waals surface area contributed by atoms with Crippen LogP contribution in [0.4, 0.5) is 0 Å². The van der Waals surface area contributed by atoms with Gasteiger partial charge in [0.15, 0.2) is 26.8 Å². The van der Waals surface area contributed by atoms with Crippen LogP contribution < -0.4 is 14.9 Å². The summed E-state index contributed by atoms with van der Waals surface area (Å²) in [5, 5.41) is 9.29. The molecule has 8 nitrogen and oxygen atoms in total. The Kier molecular flexibility index (Phi) is 5.70. The number of ether oxygens (including phenoxy) is 2. The molecule has 9 heteroatoms. The zero-order valence-electron chi connectivity index (χ0n) is 16.5. The van der Waals surface area contributed by atoms with Gasteiger partial charge in [-0.25, -0.2) is 13.2 Å². The molecule has 0 bridgehead atoms. The molecular weight excluding hydrogens is 398 g/mol. The SMILES string of the molecule is CCC1Cc2cc(OCCS(C)(=O)=O)c(OC)cc2-c2cc(=O)c(C(=O)O)cn21. The number of aromatic carboxylic acids is 1. The number of rotatable bonds is 7. The molecule has 0 aliphatic carbocycles. The number of carbonyl (C=O) groups is 1. The molecule has 0 amide bonds. The second kappa shape index (κ2) is 7.90. The number of nitrogens with zero attached hydrogens (tertiary/aromatic N) is 1. The summed E-state index contributed by atoms with van der Waals surface area (Å²) in [7, 11) is -1.68. The largest absolute Gasteiger partial charge is 0.493 e. The number of sulfone groups is 1. The van der Waals surface area contributed by atoms with Gasteiger partial charge in [0.25, 0.3) is 0 Å². The molecule has 1 atom stereocenters. The van der Waals surface area contributed by atoms with Gasteiger partial charge in [-0.1, -0.05) is 6.92 Å². The fourth-order valence-electron chi connectivity index (χ4n) is 3.51. The Bertz CT molecular complexity index is 1120. The molecule has 0 saturated carbocycles. The van der Waals surface area contributed by atoms with Crippen molar-refractivity contribution in [1.82, 2.24) is 4.57 Å². The summed E-state index contributed by atoms with van der Waals surface area (Å²) >= 11 is 0. The van der Waals surface area contributed by atoms with Crippen LogP contribution in [0, 0.1) is 0 Å². The zero-order valence-corrected chi connectivity index (χ0v) is 17.3. The molecule has 156 valence electrons. The molecule has 0 spiro atoms. The van der Waals surface area contributed by atoms with E-state index in [1.807, 2.05) is 11.5 Å². The predicted octanol–water partition coefficient (Wildman–Crippen LogP) is 2.15. The molecule has 2 aromatic rings. The van der Waals surface area contributed by atoms with E-state index in [1.165, 1.54) is 19.4 Å². The molecule has 1 aliphatic rings. The molecule has 0 radical (unpaired) electrons. The fraction of sp³-hybridized carbons (Fsp3) is 0.400. The maximum Gasteiger partial charge on any atom is 0.341 e. The van der Waals surface area contributed by atoms with Crippen molar-refractivity contribution < 1.29 is 27.8 Å². The summed E-state index contributed by atoms with van der Waals surface area (Å²) < 4.78 is 35.6. The average molecular weight is 421 g/mol. The molecular formula is C20H23NO7S. The van der Waals surface area contributed by atoms with Gasteiger partial charge in [0.05, 0.1) is 18.6 Å². The first kappa shape index (κ1) is 20.9. The molecule has 1 aromatic heterocycles. The van der Waals surface area contributed by atoms with Crippen molar-refractivity contribution in [2.24, 2.45) is 0 Å². The minimum absolute atomic E-state index is 0.00318. The minimum Gasteiger partial charge on any atom is -0.493 e. The van der Waals surface area contributed by atoms with E-state index in [9.17, 15) is 23.1 Å². The average Bonchev–Trinajstić information content (AvgIpc) is 2.65. The number of methoxy groups -OCH3 is 1. The molecule has 29 heavy (non-hydrogen) atoms. The van der Waals surface area contributed by atoms with Crippen LogP contribution in [-0.4, -0.2) is 49.8 Å². The van der Waals surface area contributed by atoms with Crippen molar-refractivity contribution in [2.75, 3.05) is 25.7 Å². The molecule has 1 aliphatic heterocycles. The minimum atomic E-state index is -3.15. The molecule has 3 rings (SSSR count). The number of fused-ring (bicyclic) bond motifs is 3. The highest BCUT2D eigenvalue weighted by Crippen LogP contribution is 2.41. The number of hydrogen-bond donors (Lipinski definition) is 1. The van der Waals surface area contributed by atoms with Crippen LogP contribution in [0.25, 0.3) is 11.3 Å². The third-order valence-corrected chi connectivity index (χ3v) is 5.92. The fourth-order valence-corrected chi connectivity index (χ4v) is 3.89. The third kappa shape index (κ3) is 4.29. The number of pyridine rings is 1. The molecule has 2 heterocycles. The maximum atomic E-state index is 12.3. The van der Waals surface area contributed by atoms with Crippen LogP contribution in [0.2, 0.25) is 0 Å². The lowest BCUT2D eigenvalue weighted by atomic mass is 9.90. The summed E-state index contributed by atoms with van der Waals surface area (Å²) in [6.07, 6.45) is 3.91. The van der Waals surface area contributed by atoms with E-state index in [1.54, 1.807) is 12.1 Å². The standard InChI is InChI=1S/C20H23NO7S/c1-4-13-7-12-8-19(28-5-6-29(3,25)26)18(27-2)9-14(12)16-10-17(22)15(20(23)24)11-21(13)16/h8-11,13H,4-7H2,1-3H3,(H,23,24). The van der Waals surface area contributed by atoms with Crippen molar-refractivity contribution in [3.8, 4) is 22.8 Å². The second-order valence-corrected chi connectivity index (χ2v) is 9.31. The van der Waals surface area contributed by atoms with Crippen LogP contribution >= 0.6 is 0 Å². The van der Waals surface area contributed by atoms with Crippen molar-refractivity contribution >= 4 is 15.8 Å². The van der Waals surface area contributed by atoms with Gasteiger partial charge in [0.1, 0.15) is 12.2 Å². The normalized spacial score (nSPS) is 15.3. The second-order valence-electron chi connectivity index (χ2n) is 7.05. The first-order chi connectivity index (χ1) is 13.6. The van der Waals surface area contributed by atoms with E-state index in [2.05, 4.69) is 0 Å². The van der Waals surface area contributed by atoms with Gasteiger partial charge < -0.3 is 19.1 Å². The Balaban J connectivity index is 2.09. The van der Waals surface area contributed by atoms with Gasteiger partial charge in [-0.2, -0.15) is 0 Å². The van der Waals surface area contributed by atoms with Crippen LogP contribution in [-0.2, 0) is 16.3 Å². The predicted molar refractivity (Wildman–Crippen MR) is 108 cm³/mol. The summed E-state index contributed by atoms with van der Waals surface area (Å²) in [6, 6.07) is 4.86. The van der Waals surface area contributed by atoms with Crippen molar-refractivity contribution in [2.45, 2.75) is 25.8 Å². The lowest BCUT2D eigenvalue weighted by Gasteiger charge is -2.31. The quantitative estimate of drug-likeness (QED) is 0.729. The van der Waals surface area contributed by atoms with Crippen LogP contribution in [0.1, 0.15) is 35.3 Å². The lowest BCUT2D eigenvalue weighted by Crippen LogP contribution is -2.25. The summed E-state index contributed by atoms with van der Waals surface area (Å²) in [5.74, 6) is -0.518. The van der Waals surface area contributed by atoms with Crippen LogP contribution in [0.3, 0.4) is 0 Å². The number of hydrogen-bond acceptors (Lipinski definition) is 6. The molecule has 0 fully saturated rings. The number of aromatic nitrogens is 1. The van der Waals surface area contributed by atoms with E-state index in [-0.39, 0.29) is 24.0 Å². The van der Waals surface area contributed by atoms with Gasteiger partial charge in [-0.05, 0) is 30.5 Å². The van der Waals surface area contributed by atoms with E-state index < -0.39 is 21.2 Å². The number of carboxylic acid groups (broad SMARTS) is 1. The Hall–Kier alpha value is -2.81. The van der Waals surface area contributed by atoms with Crippen molar-refractivity contribution in [3.63, 3.8) is 0 Å². The molecule has 1 unspecified atom stereocenters. The first-order valence-corrected chi connectivity index (χ1v) is 11.2. The Morgan fingerprint density at radius 3 is 2.59 bits per heavy atom. The van der Waals surface area contributed by atoms with Crippen LogP contribution in [0.15, 0.2) is 29.2 Å². The summed E-state index contributed by atoms with van der Waals surface area (Å²) in [4.78, 5) is 23.7. The Morgan fingerprint density at radius 2 is 2.00 bits per heavy atom. The van der Waals surface area contributed by atoms with Crippen molar-refractivity contribution in [3.05, 3.63) is 45.7 Å². The van der Waals surface area contributed by atoms with Gasteiger partial charge in [0, 0.05) is 30.1 Å². The molecule has 1 N–H and O–H groups in total. The molecule has 0 saturated heterocycles. The van der Waals surface area contributed by atoms with E-state index in [0.29, 0.717) is 23.6 Å². The van der Waals surface area contributed by atoms with E-state index >= 15 is 0 Å². The number of benzene rings is 1. The van der Waals surface area contributed by atoms with E-state index in [0.717, 1.165) is 23.8 Å². The third-order valence-electron chi connectivity index (χ3n) is 5.01. The topological polar surface area (TPSA) is 112 Å². The highest BCUT2D eigenvalue weighted by molar-refractivity contribution is 7.90. The highest BCUT2D eigenvalue weighted by atomic mass is 32.2. The monoisotopic (exact) mass is 421 g/mol. The number of carboxylic acids is 1. The Labute approximate surface area is 168 Å².